The van der Waals surface area contributed by atoms with Crippen LogP contribution in [0.3, 0.4) is 0 Å². The fraction of sp³-hybridized carbons (Fsp3) is 0.667. The van der Waals surface area contributed by atoms with Crippen LogP contribution in [0.4, 0.5) is 0 Å². The highest BCUT2D eigenvalue weighted by Gasteiger charge is 2.89. The van der Waals surface area contributed by atoms with Gasteiger partial charge < -0.3 is 33.9 Å². The summed E-state index contributed by atoms with van der Waals surface area (Å²) in [5.41, 5.74) is -9.03. The number of aliphatic hydroxyl groups is 3. The number of benzene rings is 1. The van der Waals surface area contributed by atoms with E-state index < -0.39 is 70.6 Å². The molecule has 3 fully saturated rings. The predicted molar refractivity (Wildman–Crippen MR) is 197 cm³/mol. The Hall–Kier alpha value is -3.54. The highest BCUT2D eigenvalue weighted by Crippen LogP contribution is 2.68. The predicted octanol–water partition coefficient (Wildman–Crippen LogP) is 6.72. The van der Waals surface area contributed by atoms with Crippen molar-refractivity contribution in [2.24, 2.45) is 5.92 Å². The molecule has 292 valence electrons. The summed E-state index contributed by atoms with van der Waals surface area (Å²) in [4.78, 5) is 53.8. The van der Waals surface area contributed by atoms with E-state index in [4.69, 9.17) is 18.6 Å². The van der Waals surface area contributed by atoms with Crippen LogP contribution in [0.15, 0.2) is 51.7 Å². The molecule has 11 heteroatoms. The van der Waals surface area contributed by atoms with Crippen LogP contribution in [-0.4, -0.2) is 69.2 Å². The smallest absolute Gasteiger partial charge is 0.342 e. The molecule has 0 spiro atoms. The zero-order valence-corrected chi connectivity index (χ0v) is 31.4. The van der Waals surface area contributed by atoms with Crippen molar-refractivity contribution in [3.05, 3.63) is 64.2 Å². The summed E-state index contributed by atoms with van der Waals surface area (Å²) in [6.07, 6.45) is 16.8. The first kappa shape index (κ1) is 40.6. The minimum atomic E-state index is -2.98. The lowest BCUT2D eigenvalue weighted by atomic mass is 9.65. The van der Waals surface area contributed by atoms with E-state index in [1.807, 2.05) is 0 Å². The number of esters is 2. The molecule has 1 saturated heterocycles. The van der Waals surface area contributed by atoms with Gasteiger partial charge in [0.25, 0.3) is 0 Å². The number of hydrogen-bond acceptors (Lipinski definition) is 11. The van der Waals surface area contributed by atoms with Crippen molar-refractivity contribution >= 4 is 17.7 Å². The van der Waals surface area contributed by atoms with Gasteiger partial charge in [0.05, 0.1) is 25.0 Å². The van der Waals surface area contributed by atoms with Gasteiger partial charge >= 0.3 is 17.6 Å². The second-order valence-electron chi connectivity index (χ2n) is 15.4. The molecular formula is C42H58O11. The normalized spacial score (nSPS) is 28.5. The monoisotopic (exact) mass is 738 g/mol. The van der Waals surface area contributed by atoms with E-state index in [0.29, 0.717) is 6.42 Å². The van der Waals surface area contributed by atoms with Gasteiger partial charge in [-0.1, -0.05) is 140 Å². The lowest BCUT2D eigenvalue weighted by Gasteiger charge is -2.51. The summed E-state index contributed by atoms with van der Waals surface area (Å²) in [6.45, 7) is 2.25. The number of ether oxygens (including phenoxy) is 3. The van der Waals surface area contributed by atoms with Gasteiger partial charge in [-0.05, 0) is 6.42 Å². The molecule has 1 aromatic carbocycles. The van der Waals surface area contributed by atoms with Crippen molar-refractivity contribution in [3.8, 4) is 5.75 Å². The molecule has 5 rings (SSSR count). The lowest BCUT2D eigenvalue weighted by molar-refractivity contribution is -0.256. The Morgan fingerprint density at radius 1 is 0.792 bits per heavy atom. The molecule has 2 heterocycles. The van der Waals surface area contributed by atoms with Crippen LogP contribution in [0.25, 0.3) is 0 Å². The van der Waals surface area contributed by atoms with Gasteiger partial charge in [0.2, 0.25) is 5.60 Å². The maximum absolute atomic E-state index is 14.2. The first-order valence-corrected chi connectivity index (χ1v) is 19.9. The Morgan fingerprint density at radius 3 is 1.89 bits per heavy atom. The molecule has 2 saturated carbocycles. The lowest BCUT2D eigenvalue weighted by Crippen LogP contribution is -2.69. The third-order valence-electron chi connectivity index (χ3n) is 11.7. The molecular weight excluding hydrogens is 680 g/mol. The fourth-order valence-electron chi connectivity index (χ4n) is 9.02. The maximum atomic E-state index is 14.2. The Labute approximate surface area is 312 Å². The SMILES string of the molecule is CCCCCCCCCCCCCCCCCCCC(=O)O[C@@H]1[C@H]2C[C@@]3(O)[C@@H](c4cc(OC)cc(=O)o4)[C@]1(O)[C@H](C(=O)c1ccccc1)[C@@]3(O)C(=O)O2. The van der Waals surface area contributed by atoms with E-state index in [1.54, 1.807) is 18.2 Å². The van der Waals surface area contributed by atoms with Crippen molar-refractivity contribution in [3.63, 3.8) is 0 Å². The van der Waals surface area contributed by atoms with Crippen molar-refractivity contribution in [1.29, 1.82) is 0 Å². The minimum Gasteiger partial charge on any atom is -0.496 e. The van der Waals surface area contributed by atoms with Crippen molar-refractivity contribution in [2.75, 3.05) is 7.11 Å². The van der Waals surface area contributed by atoms with Crippen LogP contribution in [0.5, 0.6) is 5.75 Å². The number of carbonyl (C=O) groups is 3. The highest BCUT2D eigenvalue weighted by molar-refractivity contribution is 6.05. The highest BCUT2D eigenvalue weighted by atomic mass is 16.6. The molecule has 11 nitrogen and oxygen atoms in total. The molecule has 0 amide bonds. The number of carbonyl (C=O) groups excluding carboxylic acids is 3. The number of unbranched alkanes of at least 4 members (excludes halogenated alkanes) is 16. The molecule has 7 atom stereocenters. The average molecular weight is 739 g/mol. The molecule has 1 aromatic heterocycles. The second-order valence-corrected chi connectivity index (χ2v) is 15.4. The molecule has 1 aliphatic heterocycles. The third kappa shape index (κ3) is 8.42. The van der Waals surface area contributed by atoms with Gasteiger partial charge in [-0.25, -0.2) is 9.59 Å². The Kier molecular flexibility index (Phi) is 13.9. The zero-order chi connectivity index (χ0) is 38.1. The second kappa shape index (κ2) is 18.2. The fourth-order valence-corrected chi connectivity index (χ4v) is 9.02. The van der Waals surface area contributed by atoms with E-state index in [1.165, 1.54) is 102 Å². The number of fused-ring (bicyclic) bond motifs is 2. The Morgan fingerprint density at radius 2 is 1.34 bits per heavy atom. The van der Waals surface area contributed by atoms with Crippen LogP contribution in [0.2, 0.25) is 0 Å². The van der Waals surface area contributed by atoms with Crippen LogP contribution >= 0.6 is 0 Å². The van der Waals surface area contributed by atoms with Crippen LogP contribution in [0.1, 0.15) is 151 Å². The summed E-state index contributed by atoms with van der Waals surface area (Å²) >= 11 is 0. The number of hydrogen-bond donors (Lipinski definition) is 3. The van der Waals surface area contributed by atoms with E-state index in [2.05, 4.69) is 6.92 Å². The molecule has 3 N–H and O–H groups in total. The summed E-state index contributed by atoms with van der Waals surface area (Å²) in [7, 11) is 1.30. The summed E-state index contributed by atoms with van der Waals surface area (Å²) < 4.78 is 22.1. The van der Waals surface area contributed by atoms with E-state index in [9.17, 15) is 34.5 Å². The number of methoxy groups -OCH3 is 1. The van der Waals surface area contributed by atoms with Gasteiger partial charge in [-0.15, -0.1) is 0 Å². The number of ketones is 1. The molecule has 53 heavy (non-hydrogen) atoms. The first-order chi connectivity index (χ1) is 25.5. The van der Waals surface area contributed by atoms with Crippen LogP contribution in [0, 0.1) is 5.92 Å². The molecule has 0 unspecified atom stereocenters. The third-order valence-corrected chi connectivity index (χ3v) is 11.7. The van der Waals surface area contributed by atoms with Crippen molar-refractivity contribution < 1.29 is 48.3 Å². The maximum Gasteiger partial charge on any atom is 0.342 e. The standard InChI is InChI=1S/C42H58O11/c1-3-4-5-6-7-8-9-10-11-12-13-14-15-16-17-18-22-25-33(43)53-38-32-28-40(47)36(31-26-30(50-2)27-34(44)51-31)41(38,48)37(42(40,49)39(46)52-32)35(45)29-23-20-19-21-24-29/h19-21,23-24,26-27,32,36-38,47-49H,3-18,22,25,28H2,1-2H3/t32-,36-,37+,38-,40-,41+,42-/m1/s1. The molecule has 3 bridgehead atoms. The van der Waals surface area contributed by atoms with Crippen molar-refractivity contribution in [2.45, 2.75) is 164 Å². The van der Waals surface area contributed by atoms with Gasteiger partial charge in [-0.3, -0.25) is 9.59 Å². The molecule has 2 aromatic rings. The quantitative estimate of drug-likeness (QED) is 0.0628. The molecule has 2 aliphatic carbocycles. The van der Waals surface area contributed by atoms with Crippen LogP contribution < -0.4 is 10.4 Å². The van der Waals surface area contributed by atoms with E-state index in [-0.39, 0.29) is 23.5 Å². The average Bonchev–Trinajstić information content (AvgIpc) is 3.23. The summed E-state index contributed by atoms with van der Waals surface area (Å²) in [6, 6.07) is 9.97. The summed E-state index contributed by atoms with van der Waals surface area (Å²) in [5.74, 6) is -7.05. The summed E-state index contributed by atoms with van der Waals surface area (Å²) in [5, 5.41) is 37.2. The van der Waals surface area contributed by atoms with Crippen molar-refractivity contribution in [1.82, 2.24) is 0 Å². The number of Topliss-reactive ketones (excluding diaryl/α,β-unsaturated/α-hetero) is 1. The first-order valence-electron chi connectivity index (χ1n) is 19.9. The zero-order valence-electron chi connectivity index (χ0n) is 31.4. The van der Waals surface area contributed by atoms with E-state index >= 15 is 0 Å². The van der Waals surface area contributed by atoms with E-state index in [0.717, 1.165) is 31.7 Å². The molecule has 0 radical (unpaired) electrons. The molecule has 3 aliphatic rings. The number of rotatable bonds is 23. The van der Waals surface area contributed by atoms with Gasteiger partial charge in [-0.2, -0.15) is 0 Å². The van der Waals surface area contributed by atoms with Gasteiger partial charge in [0.1, 0.15) is 28.8 Å². The Balaban J connectivity index is 1.19. The van der Waals surface area contributed by atoms with Gasteiger partial charge in [0, 0.05) is 24.5 Å². The minimum absolute atomic E-state index is 0.0105. The topological polar surface area (TPSA) is 170 Å². The van der Waals surface area contributed by atoms with Gasteiger partial charge in [0.15, 0.2) is 11.9 Å². The Bertz CT molecular complexity index is 1590. The van der Waals surface area contributed by atoms with Crippen LogP contribution in [-0.2, 0) is 19.1 Å². The largest absolute Gasteiger partial charge is 0.496 e.